The lowest BCUT2D eigenvalue weighted by molar-refractivity contribution is -0.146. The maximum Gasteiger partial charge on any atom is 0.245 e. The Labute approximate surface area is 104 Å². The highest BCUT2D eigenvalue weighted by Gasteiger charge is 2.35. The van der Waals surface area contributed by atoms with Gasteiger partial charge in [-0.15, -0.1) is 0 Å². The van der Waals surface area contributed by atoms with Crippen molar-refractivity contribution in [2.45, 2.75) is 46.6 Å². The van der Waals surface area contributed by atoms with Gasteiger partial charge in [-0.05, 0) is 11.8 Å². The number of piperazine rings is 1. The zero-order valence-corrected chi connectivity index (χ0v) is 11.3. The zero-order valence-electron chi connectivity index (χ0n) is 11.3. The molecule has 1 fully saturated rings. The summed E-state index contributed by atoms with van der Waals surface area (Å²) in [4.78, 5) is 25.6. The van der Waals surface area contributed by atoms with Gasteiger partial charge in [-0.1, -0.05) is 40.5 Å². The molecule has 0 saturated carbocycles. The number of carbonyl (C=O) groups is 2. The molecule has 0 spiro atoms. The van der Waals surface area contributed by atoms with Crippen molar-refractivity contribution in [1.82, 2.24) is 10.2 Å². The first-order chi connectivity index (χ1) is 7.99. The van der Waals surface area contributed by atoms with Crippen LogP contribution in [0.15, 0.2) is 0 Å². The largest absolute Gasteiger partial charge is 0.342 e. The molecule has 0 bridgehead atoms. The van der Waals surface area contributed by atoms with Crippen LogP contribution in [0.25, 0.3) is 0 Å². The van der Waals surface area contributed by atoms with E-state index in [2.05, 4.69) is 19.2 Å². The molecule has 3 atom stereocenters. The SMILES string of the molecule is CCC(C)CN1CC(=O)NC(C(C)CC)C1=O. The summed E-state index contributed by atoms with van der Waals surface area (Å²) in [5.41, 5.74) is 0. The predicted octanol–water partition coefficient (Wildman–Crippen LogP) is 1.41. The number of rotatable bonds is 5. The summed E-state index contributed by atoms with van der Waals surface area (Å²) in [7, 11) is 0. The van der Waals surface area contributed by atoms with E-state index in [1.807, 2.05) is 13.8 Å². The molecule has 1 aliphatic heterocycles. The second-order valence-corrected chi connectivity index (χ2v) is 5.16. The highest BCUT2D eigenvalue weighted by Crippen LogP contribution is 2.16. The summed E-state index contributed by atoms with van der Waals surface area (Å²) in [5, 5.41) is 2.81. The molecule has 0 aromatic heterocycles. The lowest BCUT2D eigenvalue weighted by Crippen LogP contribution is -2.60. The number of nitrogens with zero attached hydrogens (tertiary/aromatic N) is 1. The van der Waals surface area contributed by atoms with Crippen LogP contribution < -0.4 is 5.32 Å². The fraction of sp³-hybridized carbons (Fsp3) is 0.846. The van der Waals surface area contributed by atoms with Gasteiger partial charge in [-0.25, -0.2) is 0 Å². The molecule has 0 aromatic rings. The normalized spacial score (nSPS) is 24.5. The van der Waals surface area contributed by atoms with Crippen molar-refractivity contribution < 1.29 is 9.59 Å². The van der Waals surface area contributed by atoms with Crippen LogP contribution in [0.2, 0.25) is 0 Å². The smallest absolute Gasteiger partial charge is 0.245 e. The van der Waals surface area contributed by atoms with Crippen molar-refractivity contribution >= 4 is 11.8 Å². The van der Waals surface area contributed by atoms with Crippen LogP contribution in [0.4, 0.5) is 0 Å². The van der Waals surface area contributed by atoms with Crippen molar-refractivity contribution in [2.75, 3.05) is 13.1 Å². The number of amides is 2. The average Bonchev–Trinajstić information content (AvgIpc) is 2.32. The third kappa shape index (κ3) is 3.45. The van der Waals surface area contributed by atoms with Crippen LogP contribution in [0.1, 0.15) is 40.5 Å². The molecule has 0 radical (unpaired) electrons. The molecule has 4 nitrogen and oxygen atoms in total. The summed E-state index contributed by atoms with van der Waals surface area (Å²) in [6.07, 6.45) is 1.92. The van der Waals surface area contributed by atoms with E-state index in [9.17, 15) is 9.59 Å². The van der Waals surface area contributed by atoms with Gasteiger partial charge >= 0.3 is 0 Å². The molecule has 1 rings (SSSR count). The average molecular weight is 240 g/mol. The van der Waals surface area contributed by atoms with Gasteiger partial charge in [0.2, 0.25) is 11.8 Å². The minimum atomic E-state index is -0.328. The molecule has 4 heteroatoms. The van der Waals surface area contributed by atoms with Crippen LogP contribution in [0.3, 0.4) is 0 Å². The second kappa shape index (κ2) is 6.03. The molecular formula is C13H24N2O2. The molecule has 1 aliphatic rings. The van der Waals surface area contributed by atoms with Crippen LogP contribution in [-0.4, -0.2) is 35.8 Å². The van der Waals surface area contributed by atoms with Gasteiger partial charge in [0.05, 0.1) is 6.54 Å². The zero-order chi connectivity index (χ0) is 13.0. The maximum absolute atomic E-state index is 12.2. The van der Waals surface area contributed by atoms with Gasteiger partial charge in [-0.2, -0.15) is 0 Å². The van der Waals surface area contributed by atoms with Crippen molar-refractivity contribution in [1.29, 1.82) is 0 Å². The summed E-state index contributed by atoms with van der Waals surface area (Å²) in [5.74, 6) is 0.700. The fourth-order valence-electron chi connectivity index (χ4n) is 2.01. The Hall–Kier alpha value is -1.06. The molecule has 17 heavy (non-hydrogen) atoms. The number of hydrogen-bond donors (Lipinski definition) is 1. The fourth-order valence-corrected chi connectivity index (χ4v) is 2.01. The maximum atomic E-state index is 12.2. The van der Waals surface area contributed by atoms with E-state index >= 15 is 0 Å². The quantitative estimate of drug-likeness (QED) is 0.790. The van der Waals surface area contributed by atoms with E-state index in [1.165, 1.54) is 0 Å². The lowest BCUT2D eigenvalue weighted by atomic mass is 9.95. The van der Waals surface area contributed by atoms with Gasteiger partial charge in [-0.3, -0.25) is 9.59 Å². The Morgan fingerprint density at radius 3 is 2.47 bits per heavy atom. The first-order valence-electron chi connectivity index (χ1n) is 6.57. The van der Waals surface area contributed by atoms with Crippen molar-refractivity contribution in [2.24, 2.45) is 11.8 Å². The Morgan fingerprint density at radius 2 is 1.94 bits per heavy atom. The van der Waals surface area contributed by atoms with Crippen LogP contribution in [0.5, 0.6) is 0 Å². The topological polar surface area (TPSA) is 49.4 Å². The minimum absolute atomic E-state index is 0.0294. The molecule has 2 amide bonds. The summed E-state index contributed by atoms with van der Waals surface area (Å²) < 4.78 is 0. The Bertz CT molecular complexity index is 291. The van der Waals surface area contributed by atoms with Crippen LogP contribution >= 0.6 is 0 Å². The standard InChI is InChI=1S/C13H24N2O2/c1-5-9(3)7-15-8-11(16)14-12(13(15)17)10(4)6-2/h9-10,12H,5-8H2,1-4H3,(H,14,16). The van der Waals surface area contributed by atoms with E-state index in [-0.39, 0.29) is 30.3 Å². The van der Waals surface area contributed by atoms with Gasteiger partial charge in [0, 0.05) is 6.54 Å². The number of nitrogens with one attached hydrogen (secondary N) is 1. The van der Waals surface area contributed by atoms with Gasteiger partial charge in [0.15, 0.2) is 0 Å². The van der Waals surface area contributed by atoms with Gasteiger partial charge in [0.25, 0.3) is 0 Å². The summed E-state index contributed by atoms with van der Waals surface area (Å²) in [6.45, 7) is 9.17. The molecule has 1 heterocycles. The van der Waals surface area contributed by atoms with Gasteiger partial charge < -0.3 is 10.2 Å². The first kappa shape index (κ1) is 14.0. The highest BCUT2D eigenvalue weighted by atomic mass is 16.2. The van der Waals surface area contributed by atoms with E-state index in [1.54, 1.807) is 4.90 Å². The first-order valence-corrected chi connectivity index (χ1v) is 6.57. The van der Waals surface area contributed by atoms with Crippen molar-refractivity contribution in [3.05, 3.63) is 0 Å². The Morgan fingerprint density at radius 1 is 1.29 bits per heavy atom. The molecule has 1 N–H and O–H groups in total. The van der Waals surface area contributed by atoms with E-state index in [4.69, 9.17) is 0 Å². The highest BCUT2D eigenvalue weighted by molar-refractivity contribution is 5.95. The Kier molecular flexibility index (Phi) is 4.97. The van der Waals surface area contributed by atoms with E-state index in [0.29, 0.717) is 12.5 Å². The summed E-state index contributed by atoms with van der Waals surface area (Å²) >= 11 is 0. The minimum Gasteiger partial charge on any atom is -0.342 e. The van der Waals surface area contributed by atoms with Crippen molar-refractivity contribution in [3.8, 4) is 0 Å². The monoisotopic (exact) mass is 240 g/mol. The third-order valence-electron chi connectivity index (χ3n) is 3.67. The third-order valence-corrected chi connectivity index (χ3v) is 3.67. The number of carbonyl (C=O) groups excluding carboxylic acids is 2. The van der Waals surface area contributed by atoms with Crippen LogP contribution in [0, 0.1) is 11.8 Å². The summed E-state index contributed by atoms with van der Waals surface area (Å²) in [6, 6.07) is -0.328. The lowest BCUT2D eigenvalue weighted by Gasteiger charge is -2.36. The van der Waals surface area contributed by atoms with Crippen molar-refractivity contribution in [3.63, 3.8) is 0 Å². The second-order valence-electron chi connectivity index (χ2n) is 5.16. The molecular weight excluding hydrogens is 216 g/mol. The molecule has 3 unspecified atom stereocenters. The van der Waals surface area contributed by atoms with Crippen LogP contribution in [-0.2, 0) is 9.59 Å². The van der Waals surface area contributed by atoms with E-state index < -0.39 is 0 Å². The predicted molar refractivity (Wildman–Crippen MR) is 67.4 cm³/mol. The molecule has 98 valence electrons. The number of hydrogen-bond acceptors (Lipinski definition) is 2. The molecule has 0 aromatic carbocycles. The molecule has 1 saturated heterocycles. The Balaban J connectivity index is 2.71. The van der Waals surface area contributed by atoms with Gasteiger partial charge in [0.1, 0.15) is 6.04 Å². The molecule has 0 aliphatic carbocycles. The van der Waals surface area contributed by atoms with E-state index in [0.717, 1.165) is 12.8 Å².